The first-order chi connectivity index (χ1) is 7.74. The third-order valence-corrected chi connectivity index (χ3v) is 3.26. The van der Waals surface area contributed by atoms with Crippen LogP contribution in [-0.4, -0.2) is 10.6 Å². The van der Waals surface area contributed by atoms with Crippen molar-refractivity contribution in [2.24, 2.45) is 7.05 Å². The van der Waals surface area contributed by atoms with E-state index in [1.165, 1.54) is 24.6 Å². The van der Waals surface area contributed by atoms with Gasteiger partial charge in [-0.1, -0.05) is 0 Å². The number of nitrogens with zero attached hydrogens (tertiary/aromatic N) is 1. The number of hydrogen-bond donors (Lipinski definition) is 1. The Balaban J connectivity index is 1.94. The first-order valence-electron chi connectivity index (χ1n) is 5.71. The molecule has 3 rings (SSSR count). The molecule has 1 aromatic carbocycles. The van der Waals surface area contributed by atoms with Gasteiger partial charge in [0.15, 0.2) is 0 Å². The molecule has 1 heterocycles. The van der Waals surface area contributed by atoms with Crippen LogP contribution in [0.3, 0.4) is 0 Å². The second-order valence-corrected chi connectivity index (χ2v) is 4.55. The first-order valence-corrected chi connectivity index (χ1v) is 5.71. The van der Waals surface area contributed by atoms with Crippen molar-refractivity contribution >= 4 is 10.9 Å². The van der Waals surface area contributed by atoms with E-state index in [4.69, 9.17) is 0 Å². The van der Waals surface area contributed by atoms with Gasteiger partial charge in [0, 0.05) is 30.7 Å². The van der Waals surface area contributed by atoms with E-state index in [-0.39, 0.29) is 5.82 Å². The standard InChI is InChI=1S/C13H15FN2/c1-16-12(8-15-11-4-5-11)6-9-2-3-10(14)7-13(9)16/h2-3,6-7,11,15H,4-5,8H2,1H3. The van der Waals surface area contributed by atoms with Crippen LogP contribution in [0.15, 0.2) is 24.3 Å². The molecule has 0 spiro atoms. The molecular formula is C13H15FN2. The molecule has 0 unspecified atom stereocenters. The van der Waals surface area contributed by atoms with Crippen LogP contribution in [0, 0.1) is 5.82 Å². The van der Waals surface area contributed by atoms with Crippen LogP contribution >= 0.6 is 0 Å². The Hall–Kier alpha value is -1.35. The van der Waals surface area contributed by atoms with Crippen LogP contribution in [0.5, 0.6) is 0 Å². The summed E-state index contributed by atoms with van der Waals surface area (Å²) in [4.78, 5) is 0. The summed E-state index contributed by atoms with van der Waals surface area (Å²) in [6.07, 6.45) is 2.58. The zero-order valence-corrected chi connectivity index (χ0v) is 9.33. The summed E-state index contributed by atoms with van der Waals surface area (Å²) in [5, 5.41) is 4.58. The molecule has 0 atom stereocenters. The lowest BCUT2D eigenvalue weighted by atomic mass is 10.2. The fourth-order valence-electron chi connectivity index (χ4n) is 2.07. The first kappa shape index (κ1) is 9.85. The molecule has 1 aliphatic rings. The lowest BCUT2D eigenvalue weighted by Gasteiger charge is -2.05. The minimum Gasteiger partial charge on any atom is -0.346 e. The van der Waals surface area contributed by atoms with Gasteiger partial charge in [0.1, 0.15) is 5.82 Å². The van der Waals surface area contributed by atoms with Gasteiger partial charge in [-0.25, -0.2) is 4.39 Å². The summed E-state index contributed by atoms with van der Waals surface area (Å²) in [5.41, 5.74) is 2.18. The molecule has 1 aliphatic carbocycles. The SMILES string of the molecule is Cn1c(CNC2CC2)cc2ccc(F)cc21. The third-order valence-electron chi connectivity index (χ3n) is 3.26. The van der Waals surface area contributed by atoms with Crippen LogP contribution in [0.2, 0.25) is 0 Å². The van der Waals surface area contributed by atoms with Crippen molar-refractivity contribution in [2.45, 2.75) is 25.4 Å². The minimum atomic E-state index is -0.171. The Labute approximate surface area is 94.1 Å². The highest BCUT2D eigenvalue weighted by atomic mass is 19.1. The van der Waals surface area contributed by atoms with Gasteiger partial charge in [0.2, 0.25) is 0 Å². The Kier molecular flexibility index (Phi) is 2.21. The number of hydrogen-bond acceptors (Lipinski definition) is 1. The van der Waals surface area contributed by atoms with Crippen LogP contribution in [0.25, 0.3) is 10.9 Å². The molecule has 1 N–H and O–H groups in total. The molecule has 3 heteroatoms. The predicted octanol–water partition coefficient (Wildman–Crippen LogP) is 2.57. The largest absolute Gasteiger partial charge is 0.346 e. The van der Waals surface area contributed by atoms with Crippen molar-refractivity contribution in [3.05, 3.63) is 35.8 Å². The van der Waals surface area contributed by atoms with Gasteiger partial charge in [0.05, 0.1) is 5.52 Å². The summed E-state index contributed by atoms with van der Waals surface area (Å²) in [6.45, 7) is 0.872. The van der Waals surface area contributed by atoms with Crippen molar-refractivity contribution < 1.29 is 4.39 Å². The molecule has 0 saturated heterocycles. The fraction of sp³-hybridized carbons (Fsp3) is 0.385. The van der Waals surface area contributed by atoms with E-state index >= 15 is 0 Å². The van der Waals surface area contributed by atoms with E-state index in [2.05, 4.69) is 16.0 Å². The summed E-state index contributed by atoms with van der Waals surface area (Å²) in [6, 6.07) is 7.78. The van der Waals surface area contributed by atoms with Gasteiger partial charge in [-0.3, -0.25) is 0 Å². The van der Waals surface area contributed by atoms with Gasteiger partial charge in [0.25, 0.3) is 0 Å². The molecule has 1 saturated carbocycles. The second kappa shape index (κ2) is 3.59. The number of nitrogens with one attached hydrogen (secondary N) is 1. The van der Waals surface area contributed by atoms with Gasteiger partial charge < -0.3 is 9.88 Å². The average Bonchev–Trinajstić information content (AvgIpc) is 3.04. The van der Waals surface area contributed by atoms with E-state index in [1.807, 2.05) is 13.1 Å². The van der Waals surface area contributed by atoms with Crippen LogP contribution in [0.1, 0.15) is 18.5 Å². The average molecular weight is 218 g/mol. The van der Waals surface area contributed by atoms with Crippen molar-refractivity contribution in [1.82, 2.24) is 9.88 Å². The highest BCUT2D eigenvalue weighted by molar-refractivity contribution is 5.81. The number of benzene rings is 1. The van der Waals surface area contributed by atoms with Crippen molar-refractivity contribution in [3.63, 3.8) is 0 Å². The fourth-order valence-corrected chi connectivity index (χ4v) is 2.07. The van der Waals surface area contributed by atoms with Gasteiger partial charge in [-0.15, -0.1) is 0 Å². The normalized spacial score (nSPS) is 15.9. The molecule has 1 fully saturated rings. The predicted molar refractivity (Wildman–Crippen MR) is 62.7 cm³/mol. The molecule has 0 aliphatic heterocycles. The Bertz CT molecular complexity index is 526. The van der Waals surface area contributed by atoms with E-state index in [1.54, 1.807) is 6.07 Å². The van der Waals surface area contributed by atoms with Crippen LogP contribution in [0.4, 0.5) is 4.39 Å². The Morgan fingerprint density at radius 3 is 2.94 bits per heavy atom. The van der Waals surface area contributed by atoms with Crippen LogP contribution < -0.4 is 5.32 Å². The highest BCUT2D eigenvalue weighted by Crippen LogP contribution is 2.22. The summed E-state index contributed by atoms with van der Waals surface area (Å²) < 4.78 is 15.2. The zero-order valence-electron chi connectivity index (χ0n) is 9.33. The summed E-state index contributed by atoms with van der Waals surface area (Å²) in [7, 11) is 1.99. The van der Waals surface area contributed by atoms with Crippen molar-refractivity contribution in [3.8, 4) is 0 Å². The lowest BCUT2D eigenvalue weighted by molar-refractivity contribution is 0.627. The molecule has 0 bridgehead atoms. The highest BCUT2D eigenvalue weighted by Gasteiger charge is 2.20. The van der Waals surface area contributed by atoms with E-state index in [0.29, 0.717) is 6.04 Å². The smallest absolute Gasteiger partial charge is 0.125 e. The molecule has 2 nitrogen and oxygen atoms in total. The number of halogens is 1. The van der Waals surface area contributed by atoms with Gasteiger partial charge in [-0.2, -0.15) is 0 Å². The van der Waals surface area contributed by atoms with Crippen molar-refractivity contribution in [2.75, 3.05) is 0 Å². The number of fused-ring (bicyclic) bond motifs is 1. The molecule has 2 aromatic rings. The van der Waals surface area contributed by atoms with E-state index < -0.39 is 0 Å². The topological polar surface area (TPSA) is 17.0 Å². The molecule has 16 heavy (non-hydrogen) atoms. The zero-order chi connectivity index (χ0) is 11.1. The summed E-state index contributed by atoms with van der Waals surface area (Å²) >= 11 is 0. The maximum absolute atomic E-state index is 13.1. The monoisotopic (exact) mass is 218 g/mol. The van der Waals surface area contributed by atoms with Gasteiger partial charge in [-0.05, 0) is 37.1 Å². The lowest BCUT2D eigenvalue weighted by Crippen LogP contribution is -2.17. The second-order valence-electron chi connectivity index (χ2n) is 4.55. The maximum atomic E-state index is 13.1. The number of aromatic nitrogens is 1. The molecule has 1 aromatic heterocycles. The summed E-state index contributed by atoms with van der Waals surface area (Å²) in [5.74, 6) is -0.171. The maximum Gasteiger partial charge on any atom is 0.125 e. The Morgan fingerprint density at radius 2 is 2.19 bits per heavy atom. The number of rotatable bonds is 3. The Morgan fingerprint density at radius 1 is 1.38 bits per heavy atom. The molecule has 84 valence electrons. The van der Waals surface area contributed by atoms with E-state index in [9.17, 15) is 4.39 Å². The van der Waals surface area contributed by atoms with E-state index in [0.717, 1.165) is 17.4 Å². The minimum absolute atomic E-state index is 0.171. The van der Waals surface area contributed by atoms with Crippen molar-refractivity contribution in [1.29, 1.82) is 0 Å². The van der Waals surface area contributed by atoms with Crippen LogP contribution in [-0.2, 0) is 13.6 Å². The molecular weight excluding hydrogens is 203 g/mol. The molecule has 0 amide bonds. The number of aryl methyl sites for hydroxylation is 1. The third kappa shape index (κ3) is 1.71. The quantitative estimate of drug-likeness (QED) is 0.837. The molecule has 0 radical (unpaired) electrons. The van der Waals surface area contributed by atoms with Gasteiger partial charge >= 0.3 is 0 Å².